The molecule has 1 saturated heterocycles. The van der Waals surface area contributed by atoms with E-state index in [2.05, 4.69) is 12.2 Å². The maximum atomic E-state index is 13.2. The first kappa shape index (κ1) is 22.8. The fraction of sp³-hybridized carbons (Fsp3) is 0.583. The maximum Gasteiger partial charge on any atom is 0.242 e. The van der Waals surface area contributed by atoms with Crippen LogP contribution in [0, 0.1) is 5.92 Å². The average Bonchev–Trinajstić information content (AvgIpc) is 3.14. The maximum absolute atomic E-state index is 13.2. The molecule has 1 saturated carbocycles. The second-order valence-electron chi connectivity index (χ2n) is 9.36. The first-order valence-corrected chi connectivity index (χ1v) is 13.4. The zero-order valence-electron chi connectivity index (χ0n) is 18.8. The van der Waals surface area contributed by atoms with E-state index >= 15 is 0 Å². The van der Waals surface area contributed by atoms with Crippen molar-refractivity contribution in [3.63, 3.8) is 0 Å². The molecule has 0 spiro atoms. The monoisotopic (exact) mass is 459 g/mol. The highest BCUT2D eigenvalue weighted by Crippen LogP contribution is 2.27. The lowest BCUT2D eigenvalue weighted by Crippen LogP contribution is -2.39. The molecule has 2 amide bonds. The Morgan fingerprint density at radius 2 is 1.72 bits per heavy atom. The molecule has 1 aromatic heterocycles. The van der Waals surface area contributed by atoms with E-state index in [9.17, 15) is 18.0 Å². The highest BCUT2D eigenvalue weighted by Gasteiger charge is 2.27. The molecule has 174 valence electrons. The number of nitrogens with one attached hydrogen (secondary N) is 1. The van der Waals surface area contributed by atoms with Crippen LogP contribution in [0.4, 0.5) is 0 Å². The molecular formula is C24H33N3O4S. The number of rotatable bonds is 6. The van der Waals surface area contributed by atoms with E-state index < -0.39 is 21.5 Å². The van der Waals surface area contributed by atoms with Crippen molar-refractivity contribution in [2.24, 2.45) is 5.92 Å². The van der Waals surface area contributed by atoms with Crippen LogP contribution in [0.2, 0.25) is 0 Å². The number of hydrogen-bond donors (Lipinski definition) is 1. The topological polar surface area (TPSA) is 88.5 Å². The highest BCUT2D eigenvalue weighted by atomic mass is 32.2. The van der Waals surface area contributed by atoms with Crippen LogP contribution in [0.3, 0.4) is 0 Å². The molecule has 8 heteroatoms. The van der Waals surface area contributed by atoms with Crippen LogP contribution < -0.4 is 5.32 Å². The largest absolute Gasteiger partial charge is 0.352 e. The summed E-state index contributed by atoms with van der Waals surface area (Å²) < 4.78 is 28.0. The quantitative estimate of drug-likeness (QED) is 0.719. The van der Waals surface area contributed by atoms with Crippen LogP contribution in [0.25, 0.3) is 10.9 Å². The third kappa shape index (κ3) is 5.17. The van der Waals surface area contributed by atoms with Gasteiger partial charge in [-0.1, -0.05) is 44.4 Å². The number of hydrogen-bond acceptors (Lipinski definition) is 4. The van der Waals surface area contributed by atoms with Crippen LogP contribution in [-0.2, 0) is 26.0 Å². The highest BCUT2D eigenvalue weighted by molar-refractivity contribution is 7.92. The Kier molecular flexibility index (Phi) is 6.88. The predicted molar refractivity (Wildman–Crippen MR) is 124 cm³/mol. The standard InChI is InChI=1S/C24H33N3O4S/c1-18-11-13-26(14-12-18)24(29)16-27-15-22(20-9-5-6-10-21(20)27)32(30,31)17-23(28)25-19-7-3-2-4-8-19/h5-6,9-10,15,18-19H,2-4,7-8,11-14,16-17H2,1H3,(H,25,28). The van der Waals surface area contributed by atoms with Crippen LogP contribution in [0.1, 0.15) is 51.9 Å². The summed E-state index contributed by atoms with van der Waals surface area (Å²) in [4.78, 5) is 27.3. The minimum absolute atomic E-state index is 0.00311. The normalized spacial score (nSPS) is 18.7. The predicted octanol–water partition coefficient (Wildman–Crippen LogP) is 3.12. The first-order chi connectivity index (χ1) is 15.3. The third-order valence-electron chi connectivity index (χ3n) is 6.82. The number of amides is 2. The smallest absolute Gasteiger partial charge is 0.242 e. The second kappa shape index (κ2) is 9.65. The molecule has 1 N–H and O–H groups in total. The number of likely N-dealkylation sites (tertiary alicyclic amines) is 1. The summed E-state index contributed by atoms with van der Waals surface area (Å²) in [5, 5.41) is 3.45. The molecule has 0 atom stereocenters. The van der Waals surface area contributed by atoms with Gasteiger partial charge in [-0.25, -0.2) is 8.42 Å². The minimum atomic E-state index is -3.84. The van der Waals surface area contributed by atoms with Crippen molar-refractivity contribution in [2.75, 3.05) is 18.8 Å². The van der Waals surface area contributed by atoms with Gasteiger partial charge in [0.05, 0.1) is 4.90 Å². The Morgan fingerprint density at radius 3 is 2.44 bits per heavy atom. The van der Waals surface area contributed by atoms with Crippen LogP contribution in [0.5, 0.6) is 0 Å². The van der Waals surface area contributed by atoms with Gasteiger partial charge in [-0.15, -0.1) is 0 Å². The van der Waals surface area contributed by atoms with Crippen molar-refractivity contribution in [1.29, 1.82) is 0 Å². The molecule has 1 aliphatic heterocycles. The second-order valence-corrected chi connectivity index (χ2v) is 11.3. The number of carbonyl (C=O) groups is 2. The van der Waals surface area contributed by atoms with Gasteiger partial charge in [-0.2, -0.15) is 0 Å². The van der Waals surface area contributed by atoms with E-state index in [-0.39, 0.29) is 23.4 Å². The van der Waals surface area contributed by atoms with Gasteiger partial charge in [-0.05, 0) is 37.7 Å². The molecule has 2 heterocycles. The summed E-state index contributed by atoms with van der Waals surface area (Å²) in [6, 6.07) is 7.24. The van der Waals surface area contributed by atoms with E-state index in [0.717, 1.165) is 51.6 Å². The van der Waals surface area contributed by atoms with Gasteiger partial charge < -0.3 is 14.8 Å². The van der Waals surface area contributed by atoms with Crippen molar-refractivity contribution < 1.29 is 18.0 Å². The molecule has 0 bridgehead atoms. The van der Waals surface area contributed by atoms with Crippen molar-refractivity contribution in [2.45, 2.75) is 69.4 Å². The number of aromatic nitrogens is 1. The molecule has 4 rings (SSSR count). The minimum Gasteiger partial charge on any atom is -0.352 e. The van der Waals surface area contributed by atoms with Gasteiger partial charge in [0, 0.05) is 36.2 Å². The van der Waals surface area contributed by atoms with Gasteiger partial charge in [0.25, 0.3) is 0 Å². The zero-order chi connectivity index (χ0) is 22.7. The zero-order valence-corrected chi connectivity index (χ0v) is 19.6. The summed E-state index contributed by atoms with van der Waals surface area (Å²) in [6.07, 6.45) is 8.62. The molecule has 32 heavy (non-hydrogen) atoms. The Hall–Kier alpha value is -2.35. The van der Waals surface area contributed by atoms with Crippen molar-refractivity contribution in [3.05, 3.63) is 30.5 Å². The van der Waals surface area contributed by atoms with Gasteiger partial charge in [0.1, 0.15) is 12.3 Å². The van der Waals surface area contributed by atoms with E-state index in [1.54, 1.807) is 16.7 Å². The molecule has 2 aromatic rings. The number of piperidine rings is 1. The van der Waals surface area contributed by atoms with E-state index in [1.807, 2.05) is 17.0 Å². The van der Waals surface area contributed by atoms with Gasteiger partial charge >= 0.3 is 0 Å². The fourth-order valence-corrected chi connectivity index (χ4v) is 6.24. The summed E-state index contributed by atoms with van der Waals surface area (Å²) in [5.74, 6) is -0.401. The van der Waals surface area contributed by atoms with Crippen molar-refractivity contribution in [3.8, 4) is 0 Å². The Labute approximate surface area is 190 Å². The van der Waals surface area contributed by atoms with E-state index in [0.29, 0.717) is 16.8 Å². The lowest BCUT2D eigenvalue weighted by molar-refractivity contribution is -0.133. The van der Waals surface area contributed by atoms with Crippen LogP contribution in [0.15, 0.2) is 35.4 Å². The van der Waals surface area contributed by atoms with E-state index in [4.69, 9.17) is 0 Å². The first-order valence-electron chi connectivity index (χ1n) is 11.7. The Balaban J connectivity index is 1.52. The fourth-order valence-electron chi connectivity index (χ4n) is 4.86. The number of sulfone groups is 1. The van der Waals surface area contributed by atoms with Crippen LogP contribution in [-0.4, -0.2) is 54.6 Å². The summed E-state index contributed by atoms with van der Waals surface area (Å²) in [5.41, 5.74) is 0.692. The lowest BCUT2D eigenvalue weighted by atomic mass is 9.95. The molecule has 2 aliphatic rings. The molecule has 2 fully saturated rings. The number of benzene rings is 1. The van der Waals surface area contributed by atoms with Crippen LogP contribution >= 0.6 is 0 Å². The van der Waals surface area contributed by atoms with Gasteiger partial charge in [0.15, 0.2) is 9.84 Å². The van der Waals surface area contributed by atoms with Crippen molar-refractivity contribution >= 4 is 32.6 Å². The molecule has 1 aliphatic carbocycles. The number of nitrogens with zero attached hydrogens (tertiary/aromatic N) is 2. The molecule has 1 aromatic carbocycles. The van der Waals surface area contributed by atoms with Gasteiger partial charge in [0.2, 0.25) is 11.8 Å². The number of fused-ring (bicyclic) bond motifs is 1. The van der Waals surface area contributed by atoms with E-state index in [1.165, 1.54) is 12.6 Å². The lowest BCUT2D eigenvalue weighted by Gasteiger charge is -2.30. The third-order valence-corrected chi connectivity index (χ3v) is 8.46. The molecular weight excluding hydrogens is 426 g/mol. The Morgan fingerprint density at radius 1 is 1.03 bits per heavy atom. The summed E-state index contributed by atoms with van der Waals surface area (Å²) in [7, 11) is -3.84. The average molecular weight is 460 g/mol. The Bertz CT molecular complexity index is 1080. The van der Waals surface area contributed by atoms with Gasteiger partial charge in [-0.3, -0.25) is 9.59 Å². The molecule has 0 unspecified atom stereocenters. The summed E-state index contributed by atoms with van der Waals surface area (Å²) >= 11 is 0. The number of carbonyl (C=O) groups excluding carboxylic acids is 2. The molecule has 7 nitrogen and oxygen atoms in total. The SMILES string of the molecule is CC1CCN(C(=O)Cn2cc(S(=O)(=O)CC(=O)NC3CCCCC3)c3ccccc32)CC1. The van der Waals surface area contributed by atoms with Crippen molar-refractivity contribution in [1.82, 2.24) is 14.8 Å². The number of para-hydroxylation sites is 1. The summed E-state index contributed by atoms with van der Waals surface area (Å²) in [6.45, 7) is 3.78. The molecule has 0 radical (unpaired) electrons.